The standard InChI is InChI=1S/C19H17ClN4O2S2/c1-3-11(2)24-18(26)17-14(6-7-27-17)22-19(24)28-10-13-8-16(25)23-9-12(20)4-5-15(23)21-13/h4-9,11H,3,10H2,1-2H3. The van der Waals surface area contributed by atoms with Crippen molar-refractivity contribution in [3.63, 3.8) is 0 Å². The number of rotatable bonds is 5. The van der Waals surface area contributed by atoms with Crippen LogP contribution in [0.4, 0.5) is 0 Å². The molecular weight excluding hydrogens is 416 g/mol. The van der Waals surface area contributed by atoms with E-state index in [1.807, 2.05) is 25.3 Å². The quantitative estimate of drug-likeness (QED) is 0.345. The lowest BCUT2D eigenvalue weighted by atomic mass is 10.2. The topological polar surface area (TPSA) is 69.3 Å². The van der Waals surface area contributed by atoms with E-state index in [2.05, 4.69) is 9.97 Å². The van der Waals surface area contributed by atoms with Crippen molar-refractivity contribution in [1.82, 2.24) is 18.9 Å². The third-order valence-corrected chi connectivity index (χ3v) is 6.64. The van der Waals surface area contributed by atoms with Gasteiger partial charge in [-0.05, 0) is 36.9 Å². The van der Waals surface area contributed by atoms with E-state index < -0.39 is 0 Å². The Labute approximate surface area is 173 Å². The molecule has 0 saturated heterocycles. The lowest BCUT2D eigenvalue weighted by Crippen LogP contribution is -2.25. The number of thioether (sulfide) groups is 1. The van der Waals surface area contributed by atoms with Crippen LogP contribution in [0.15, 0.2) is 50.6 Å². The van der Waals surface area contributed by atoms with E-state index in [9.17, 15) is 9.59 Å². The number of halogens is 1. The van der Waals surface area contributed by atoms with Gasteiger partial charge in [-0.15, -0.1) is 11.3 Å². The molecule has 9 heteroatoms. The highest BCUT2D eigenvalue weighted by Gasteiger charge is 2.17. The van der Waals surface area contributed by atoms with Crippen molar-refractivity contribution in [2.75, 3.05) is 0 Å². The summed E-state index contributed by atoms with van der Waals surface area (Å²) in [5.41, 5.74) is 1.67. The fourth-order valence-corrected chi connectivity index (χ4v) is 4.83. The smallest absolute Gasteiger partial charge is 0.272 e. The molecule has 0 amide bonds. The second-order valence-electron chi connectivity index (χ2n) is 6.41. The zero-order chi connectivity index (χ0) is 19.8. The summed E-state index contributed by atoms with van der Waals surface area (Å²) >= 11 is 8.78. The van der Waals surface area contributed by atoms with Crippen LogP contribution in [0.25, 0.3) is 15.9 Å². The molecule has 0 spiro atoms. The lowest BCUT2D eigenvalue weighted by Gasteiger charge is -2.17. The predicted octanol–water partition coefficient (Wildman–Crippen LogP) is 4.38. The molecule has 4 aromatic heterocycles. The van der Waals surface area contributed by atoms with Crippen LogP contribution in [0, 0.1) is 0 Å². The van der Waals surface area contributed by atoms with Gasteiger partial charge in [0.05, 0.1) is 16.2 Å². The number of hydrogen-bond donors (Lipinski definition) is 0. The predicted molar refractivity (Wildman–Crippen MR) is 115 cm³/mol. The zero-order valence-corrected chi connectivity index (χ0v) is 17.6. The monoisotopic (exact) mass is 432 g/mol. The molecule has 0 fully saturated rings. The number of pyridine rings is 1. The summed E-state index contributed by atoms with van der Waals surface area (Å²) in [5.74, 6) is 0.437. The average Bonchev–Trinajstić information content (AvgIpc) is 3.15. The molecule has 0 saturated carbocycles. The molecule has 28 heavy (non-hydrogen) atoms. The van der Waals surface area contributed by atoms with Crippen LogP contribution in [0.1, 0.15) is 32.0 Å². The zero-order valence-electron chi connectivity index (χ0n) is 15.3. The van der Waals surface area contributed by atoms with Crippen molar-refractivity contribution in [3.8, 4) is 0 Å². The largest absolute Gasteiger partial charge is 0.284 e. The number of aromatic nitrogens is 4. The number of fused-ring (bicyclic) bond motifs is 2. The molecule has 0 bridgehead atoms. The molecule has 0 aliphatic rings. The Hall–Kier alpha value is -2.16. The van der Waals surface area contributed by atoms with E-state index >= 15 is 0 Å². The second-order valence-corrected chi connectivity index (χ2v) is 8.71. The van der Waals surface area contributed by atoms with Gasteiger partial charge >= 0.3 is 0 Å². The van der Waals surface area contributed by atoms with Crippen molar-refractivity contribution in [2.45, 2.75) is 37.2 Å². The van der Waals surface area contributed by atoms with Gasteiger partial charge in [0.15, 0.2) is 5.16 Å². The first-order chi connectivity index (χ1) is 13.5. The van der Waals surface area contributed by atoms with E-state index in [4.69, 9.17) is 11.6 Å². The van der Waals surface area contributed by atoms with Crippen molar-refractivity contribution >= 4 is 50.6 Å². The molecule has 4 heterocycles. The van der Waals surface area contributed by atoms with Gasteiger partial charge in [-0.3, -0.25) is 18.6 Å². The van der Waals surface area contributed by atoms with E-state index in [0.717, 1.165) is 6.42 Å². The summed E-state index contributed by atoms with van der Waals surface area (Å²) in [5, 5.41) is 3.00. The molecule has 1 atom stereocenters. The van der Waals surface area contributed by atoms with Gasteiger partial charge in [0.1, 0.15) is 10.3 Å². The molecule has 0 aliphatic heterocycles. The van der Waals surface area contributed by atoms with Crippen LogP contribution in [0.5, 0.6) is 0 Å². The number of thiophene rings is 1. The van der Waals surface area contributed by atoms with E-state index in [1.54, 1.807) is 22.9 Å². The van der Waals surface area contributed by atoms with Crippen molar-refractivity contribution < 1.29 is 0 Å². The van der Waals surface area contributed by atoms with Crippen molar-refractivity contribution in [1.29, 1.82) is 0 Å². The Balaban J connectivity index is 1.73. The molecule has 6 nitrogen and oxygen atoms in total. The fraction of sp³-hybridized carbons (Fsp3) is 0.263. The van der Waals surface area contributed by atoms with E-state index in [0.29, 0.717) is 37.5 Å². The SMILES string of the molecule is CCC(C)n1c(SCc2cc(=O)n3cc(Cl)ccc3n2)nc2ccsc2c1=O. The van der Waals surface area contributed by atoms with Crippen LogP contribution in [0.3, 0.4) is 0 Å². The van der Waals surface area contributed by atoms with Crippen LogP contribution >= 0.6 is 34.7 Å². The first-order valence-electron chi connectivity index (χ1n) is 8.78. The summed E-state index contributed by atoms with van der Waals surface area (Å²) in [6.07, 6.45) is 2.37. The van der Waals surface area contributed by atoms with Crippen molar-refractivity contribution in [3.05, 3.63) is 67.3 Å². The summed E-state index contributed by atoms with van der Waals surface area (Å²) in [7, 11) is 0. The minimum atomic E-state index is -0.191. The molecule has 4 rings (SSSR count). The average molecular weight is 433 g/mol. The Morgan fingerprint density at radius 2 is 2.07 bits per heavy atom. The highest BCUT2D eigenvalue weighted by molar-refractivity contribution is 7.98. The third-order valence-electron chi connectivity index (χ3n) is 4.54. The molecule has 0 aromatic carbocycles. The second kappa shape index (κ2) is 7.69. The summed E-state index contributed by atoms with van der Waals surface area (Å²) in [6.45, 7) is 4.05. The Bertz CT molecular complexity index is 1290. The van der Waals surface area contributed by atoms with Gasteiger partial charge in [-0.2, -0.15) is 0 Å². The molecule has 0 N–H and O–H groups in total. The van der Waals surface area contributed by atoms with Crippen molar-refractivity contribution in [2.24, 2.45) is 0 Å². The molecule has 4 aromatic rings. The van der Waals surface area contributed by atoms with Gasteiger partial charge in [-0.1, -0.05) is 30.3 Å². The van der Waals surface area contributed by atoms with Gasteiger partial charge in [0, 0.05) is 24.1 Å². The minimum absolute atomic E-state index is 0.0157. The molecule has 144 valence electrons. The van der Waals surface area contributed by atoms with Gasteiger partial charge in [0.2, 0.25) is 0 Å². The van der Waals surface area contributed by atoms with Gasteiger partial charge in [0.25, 0.3) is 11.1 Å². The van der Waals surface area contributed by atoms with E-state index in [1.165, 1.54) is 33.6 Å². The molecule has 1 unspecified atom stereocenters. The first kappa shape index (κ1) is 19.2. The number of nitrogens with zero attached hydrogens (tertiary/aromatic N) is 4. The van der Waals surface area contributed by atoms with Crippen LogP contribution in [0.2, 0.25) is 5.02 Å². The van der Waals surface area contributed by atoms with Crippen LogP contribution in [-0.4, -0.2) is 18.9 Å². The van der Waals surface area contributed by atoms with Crippen LogP contribution in [-0.2, 0) is 5.75 Å². The molecule has 0 aliphatic carbocycles. The molecule has 0 radical (unpaired) electrons. The number of hydrogen-bond acceptors (Lipinski definition) is 6. The maximum Gasteiger partial charge on any atom is 0.272 e. The summed E-state index contributed by atoms with van der Waals surface area (Å²) in [6, 6.07) is 6.80. The van der Waals surface area contributed by atoms with Gasteiger partial charge < -0.3 is 0 Å². The van der Waals surface area contributed by atoms with Crippen LogP contribution < -0.4 is 11.1 Å². The summed E-state index contributed by atoms with van der Waals surface area (Å²) in [4.78, 5) is 34.5. The first-order valence-corrected chi connectivity index (χ1v) is 11.0. The van der Waals surface area contributed by atoms with E-state index in [-0.39, 0.29) is 17.2 Å². The molecular formula is C19H17ClN4O2S2. The highest BCUT2D eigenvalue weighted by Crippen LogP contribution is 2.26. The highest BCUT2D eigenvalue weighted by atomic mass is 35.5. The van der Waals surface area contributed by atoms with Gasteiger partial charge in [-0.25, -0.2) is 9.97 Å². The Kier molecular flexibility index (Phi) is 5.27. The minimum Gasteiger partial charge on any atom is -0.284 e. The third kappa shape index (κ3) is 3.47. The summed E-state index contributed by atoms with van der Waals surface area (Å²) < 4.78 is 3.84. The maximum absolute atomic E-state index is 12.9. The normalized spacial score (nSPS) is 12.7. The Morgan fingerprint density at radius 3 is 2.86 bits per heavy atom. The maximum atomic E-state index is 12.9. The fourth-order valence-electron chi connectivity index (χ4n) is 2.92. The Morgan fingerprint density at radius 1 is 1.25 bits per heavy atom. The lowest BCUT2D eigenvalue weighted by molar-refractivity contribution is 0.468.